The first-order chi connectivity index (χ1) is 5.65. The van der Waals surface area contributed by atoms with Crippen molar-refractivity contribution in [2.75, 3.05) is 0 Å². The van der Waals surface area contributed by atoms with E-state index in [0.717, 1.165) is 6.29 Å². The van der Waals surface area contributed by atoms with Crippen LogP contribution in [0.4, 0.5) is 0 Å². The molecule has 2 bridgehead atoms. The minimum absolute atomic E-state index is 0.0168. The molecule has 3 unspecified atom stereocenters. The molecule has 0 aromatic heterocycles. The number of ketones is 1. The quantitative estimate of drug-likeness (QED) is 0.532. The summed E-state index contributed by atoms with van der Waals surface area (Å²) in [6, 6.07) is 0. The second-order valence-corrected chi connectivity index (χ2v) is 3.63. The maximum Gasteiger partial charge on any atom is 0.184 e. The second-order valence-electron chi connectivity index (χ2n) is 3.63. The summed E-state index contributed by atoms with van der Waals surface area (Å²) < 4.78 is 5.35. The number of carbonyl (C=O) groups is 2. The molecule has 2 aliphatic heterocycles. The lowest BCUT2D eigenvalue weighted by atomic mass is 9.84. The van der Waals surface area contributed by atoms with Gasteiger partial charge in [-0.3, -0.25) is 4.79 Å². The van der Waals surface area contributed by atoms with Crippen LogP contribution in [0.25, 0.3) is 0 Å². The maximum absolute atomic E-state index is 11.1. The lowest BCUT2D eigenvalue weighted by molar-refractivity contribution is -0.126. The lowest BCUT2D eigenvalue weighted by Gasteiger charge is -2.20. The van der Waals surface area contributed by atoms with Crippen LogP contribution < -0.4 is 0 Å². The van der Waals surface area contributed by atoms with E-state index in [0.29, 0.717) is 6.42 Å². The van der Waals surface area contributed by atoms with E-state index in [1.165, 1.54) is 6.08 Å². The lowest BCUT2D eigenvalue weighted by Crippen LogP contribution is -2.28. The van der Waals surface area contributed by atoms with Crippen LogP contribution in [-0.2, 0) is 14.3 Å². The van der Waals surface area contributed by atoms with Crippen molar-refractivity contribution < 1.29 is 14.3 Å². The standard InChI is InChI=1S/C9H10O3/c1-9(5-10)4-7-6(11)2-3-8(9)12-7/h2-3,5,7-8H,4H2,1H3. The number of hydrogen-bond acceptors (Lipinski definition) is 3. The van der Waals surface area contributed by atoms with Gasteiger partial charge in [-0.25, -0.2) is 0 Å². The van der Waals surface area contributed by atoms with E-state index in [2.05, 4.69) is 0 Å². The topological polar surface area (TPSA) is 43.4 Å². The molecule has 0 spiro atoms. The van der Waals surface area contributed by atoms with Gasteiger partial charge in [0.25, 0.3) is 0 Å². The number of ether oxygens (including phenoxy) is 1. The Hall–Kier alpha value is -0.960. The summed E-state index contributed by atoms with van der Waals surface area (Å²) in [4.78, 5) is 21.9. The van der Waals surface area contributed by atoms with Crippen molar-refractivity contribution in [3.63, 3.8) is 0 Å². The van der Waals surface area contributed by atoms with Crippen LogP contribution in [0.2, 0.25) is 0 Å². The van der Waals surface area contributed by atoms with E-state index in [9.17, 15) is 9.59 Å². The fourth-order valence-corrected chi connectivity index (χ4v) is 1.73. The minimum Gasteiger partial charge on any atom is -0.362 e. The molecule has 0 N–H and O–H groups in total. The predicted octanol–water partition coefficient (Wildman–Crippen LogP) is 0.488. The Labute approximate surface area is 70.4 Å². The Morgan fingerprint density at radius 3 is 3.08 bits per heavy atom. The van der Waals surface area contributed by atoms with E-state index in [-0.39, 0.29) is 18.0 Å². The summed E-state index contributed by atoms with van der Waals surface area (Å²) in [6.45, 7) is 1.83. The van der Waals surface area contributed by atoms with Crippen molar-refractivity contribution in [1.29, 1.82) is 0 Å². The number of rotatable bonds is 1. The number of carbonyl (C=O) groups excluding carboxylic acids is 2. The van der Waals surface area contributed by atoms with Gasteiger partial charge in [0.1, 0.15) is 12.4 Å². The highest BCUT2D eigenvalue weighted by molar-refractivity contribution is 5.95. The average Bonchev–Trinajstić information content (AvgIpc) is 2.35. The fraction of sp³-hybridized carbons (Fsp3) is 0.556. The zero-order valence-corrected chi connectivity index (χ0v) is 6.82. The van der Waals surface area contributed by atoms with Crippen molar-refractivity contribution in [3.8, 4) is 0 Å². The molecular formula is C9H10O3. The number of fused-ring (bicyclic) bond motifs is 2. The van der Waals surface area contributed by atoms with Gasteiger partial charge in [-0.05, 0) is 19.4 Å². The Bertz CT molecular complexity index is 269. The van der Waals surface area contributed by atoms with Gasteiger partial charge in [0.15, 0.2) is 5.78 Å². The van der Waals surface area contributed by atoms with Gasteiger partial charge >= 0.3 is 0 Å². The van der Waals surface area contributed by atoms with Crippen molar-refractivity contribution in [2.24, 2.45) is 5.41 Å². The van der Waals surface area contributed by atoms with Crippen LogP contribution in [0.15, 0.2) is 12.2 Å². The summed E-state index contributed by atoms with van der Waals surface area (Å²) >= 11 is 0. The van der Waals surface area contributed by atoms with E-state index >= 15 is 0 Å². The summed E-state index contributed by atoms with van der Waals surface area (Å²) in [6.07, 6.45) is 4.04. The van der Waals surface area contributed by atoms with Gasteiger partial charge in [-0.1, -0.05) is 6.08 Å². The molecule has 12 heavy (non-hydrogen) atoms. The summed E-state index contributed by atoms with van der Waals surface area (Å²) in [5, 5.41) is 0. The van der Waals surface area contributed by atoms with E-state index in [4.69, 9.17) is 4.74 Å². The Morgan fingerprint density at radius 2 is 2.50 bits per heavy atom. The van der Waals surface area contributed by atoms with Crippen molar-refractivity contribution in [3.05, 3.63) is 12.2 Å². The van der Waals surface area contributed by atoms with Gasteiger partial charge in [0.2, 0.25) is 0 Å². The van der Waals surface area contributed by atoms with Crippen molar-refractivity contribution in [2.45, 2.75) is 25.6 Å². The molecule has 3 nitrogen and oxygen atoms in total. The molecule has 0 amide bonds. The average molecular weight is 166 g/mol. The van der Waals surface area contributed by atoms with Gasteiger partial charge in [0, 0.05) is 0 Å². The molecule has 0 saturated carbocycles. The van der Waals surface area contributed by atoms with Gasteiger partial charge in [-0.2, -0.15) is 0 Å². The molecule has 1 fully saturated rings. The van der Waals surface area contributed by atoms with Crippen LogP contribution in [0.5, 0.6) is 0 Å². The van der Waals surface area contributed by atoms with Crippen LogP contribution in [0.3, 0.4) is 0 Å². The summed E-state index contributed by atoms with van der Waals surface area (Å²) in [7, 11) is 0. The first-order valence-electron chi connectivity index (χ1n) is 3.99. The predicted molar refractivity (Wildman–Crippen MR) is 41.6 cm³/mol. The maximum atomic E-state index is 11.1. The van der Waals surface area contributed by atoms with Crippen molar-refractivity contribution in [1.82, 2.24) is 0 Å². The Balaban J connectivity index is 2.34. The SMILES string of the molecule is CC1(C=O)CC2OC1C=CC2=O. The van der Waals surface area contributed by atoms with E-state index in [1.807, 2.05) is 6.92 Å². The molecule has 1 saturated heterocycles. The van der Waals surface area contributed by atoms with Gasteiger partial charge in [-0.15, -0.1) is 0 Å². The van der Waals surface area contributed by atoms with Crippen molar-refractivity contribution >= 4 is 12.1 Å². The monoisotopic (exact) mass is 166 g/mol. The smallest absolute Gasteiger partial charge is 0.184 e. The fourth-order valence-electron chi connectivity index (χ4n) is 1.73. The van der Waals surface area contributed by atoms with Crippen LogP contribution in [0, 0.1) is 5.41 Å². The molecule has 0 radical (unpaired) electrons. The first-order valence-corrected chi connectivity index (χ1v) is 3.99. The Kier molecular flexibility index (Phi) is 1.45. The highest BCUT2D eigenvalue weighted by Gasteiger charge is 2.48. The molecule has 2 aliphatic rings. The normalized spacial score (nSPS) is 44.9. The molecule has 2 heterocycles. The molecule has 0 aromatic carbocycles. The van der Waals surface area contributed by atoms with E-state index in [1.54, 1.807) is 6.08 Å². The second kappa shape index (κ2) is 2.26. The number of aldehydes is 1. The highest BCUT2D eigenvalue weighted by atomic mass is 16.5. The third-order valence-corrected chi connectivity index (χ3v) is 2.61. The third-order valence-electron chi connectivity index (χ3n) is 2.61. The molecule has 0 aliphatic carbocycles. The van der Waals surface area contributed by atoms with Crippen LogP contribution in [0.1, 0.15) is 13.3 Å². The molecule has 64 valence electrons. The number of hydrogen-bond donors (Lipinski definition) is 0. The third kappa shape index (κ3) is 0.862. The molecule has 3 heteroatoms. The summed E-state index contributed by atoms with van der Waals surface area (Å²) in [5.41, 5.74) is -0.493. The van der Waals surface area contributed by atoms with Gasteiger partial charge < -0.3 is 9.53 Å². The molecular weight excluding hydrogens is 156 g/mol. The molecule has 0 aromatic rings. The molecule has 3 atom stereocenters. The highest BCUT2D eigenvalue weighted by Crippen LogP contribution is 2.39. The largest absolute Gasteiger partial charge is 0.362 e. The van der Waals surface area contributed by atoms with Gasteiger partial charge in [0.05, 0.1) is 11.5 Å². The zero-order valence-electron chi connectivity index (χ0n) is 6.82. The Morgan fingerprint density at radius 1 is 1.75 bits per heavy atom. The first kappa shape index (κ1) is 7.68. The van der Waals surface area contributed by atoms with Crippen LogP contribution >= 0.6 is 0 Å². The summed E-state index contributed by atoms with van der Waals surface area (Å²) in [5.74, 6) is -0.0168. The zero-order chi connectivity index (χ0) is 8.77. The molecule has 2 rings (SSSR count). The van der Waals surface area contributed by atoms with Crippen LogP contribution in [-0.4, -0.2) is 24.3 Å². The minimum atomic E-state index is -0.493. The van der Waals surface area contributed by atoms with E-state index < -0.39 is 5.41 Å².